The number of thioether (sulfide) groups is 1. The van der Waals surface area contributed by atoms with Crippen LogP contribution in [0.15, 0.2) is 24.3 Å². The first-order chi connectivity index (χ1) is 10.3. The average Bonchev–Trinajstić information content (AvgIpc) is 3.04. The van der Waals surface area contributed by atoms with E-state index >= 15 is 0 Å². The van der Waals surface area contributed by atoms with Gasteiger partial charge >= 0.3 is 0 Å². The van der Waals surface area contributed by atoms with E-state index in [9.17, 15) is 4.39 Å². The molecule has 0 amide bonds. The van der Waals surface area contributed by atoms with Crippen LogP contribution in [0.4, 0.5) is 10.1 Å². The van der Waals surface area contributed by atoms with E-state index in [1.165, 1.54) is 17.9 Å². The van der Waals surface area contributed by atoms with Gasteiger partial charge in [-0.3, -0.25) is 4.90 Å². The van der Waals surface area contributed by atoms with Crippen molar-refractivity contribution in [1.29, 1.82) is 0 Å². The third-order valence-electron chi connectivity index (χ3n) is 4.73. The van der Waals surface area contributed by atoms with Crippen molar-refractivity contribution in [3.05, 3.63) is 30.1 Å². The normalized spacial score (nSPS) is 25.2. The third kappa shape index (κ3) is 3.52. The number of benzene rings is 1. The van der Waals surface area contributed by atoms with Crippen LogP contribution >= 0.6 is 11.8 Å². The van der Waals surface area contributed by atoms with Crippen LogP contribution in [-0.2, 0) is 0 Å². The van der Waals surface area contributed by atoms with Crippen molar-refractivity contribution >= 4 is 17.4 Å². The zero-order valence-corrected chi connectivity index (χ0v) is 13.2. The van der Waals surface area contributed by atoms with Gasteiger partial charge in [0.1, 0.15) is 5.82 Å². The number of nitrogens with zero attached hydrogens (tertiary/aromatic N) is 2. The second-order valence-corrected chi connectivity index (χ2v) is 7.08. The molecule has 0 spiro atoms. The van der Waals surface area contributed by atoms with E-state index in [-0.39, 0.29) is 5.82 Å². The highest BCUT2D eigenvalue weighted by Gasteiger charge is 2.31. The molecule has 0 bridgehead atoms. The summed E-state index contributed by atoms with van der Waals surface area (Å²) in [6, 6.07) is 7.37. The Morgan fingerprint density at radius 1 is 1.19 bits per heavy atom. The first-order valence-electron chi connectivity index (χ1n) is 7.80. The number of halogens is 1. The second-order valence-electron chi connectivity index (χ2n) is 5.93. The van der Waals surface area contributed by atoms with Gasteiger partial charge in [0, 0.05) is 44.5 Å². The van der Waals surface area contributed by atoms with Crippen molar-refractivity contribution in [1.82, 2.24) is 4.90 Å². The Balaban J connectivity index is 1.57. The van der Waals surface area contributed by atoms with E-state index < -0.39 is 0 Å². The van der Waals surface area contributed by atoms with Crippen LogP contribution in [0, 0.1) is 11.7 Å². The molecule has 2 aliphatic heterocycles. The van der Waals surface area contributed by atoms with Crippen molar-refractivity contribution in [2.45, 2.75) is 12.5 Å². The minimum absolute atomic E-state index is 0.167. The molecule has 1 aromatic carbocycles. The lowest BCUT2D eigenvalue weighted by molar-refractivity contribution is 0.146. The molecule has 116 valence electrons. The molecule has 21 heavy (non-hydrogen) atoms. The lowest BCUT2D eigenvalue weighted by Gasteiger charge is -2.41. The standard InChI is InChI=1S/C16H24FN3S/c17-14-1-3-15(4-2-14)19-6-8-20(9-7-19)16(11-18)13-5-10-21-12-13/h1-4,13,16H,5-12,18H2. The maximum atomic E-state index is 13.0. The molecule has 2 N–H and O–H groups in total. The van der Waals surface area contributed by atoms with E-state index in [1.807, 2.05) is 12.1 Å². The van der Waals surface area contributed by atoms with E-state index in [1.54, 1.807) is 12.1 Å². The monoisotopic (exact) mass is 309 g/mol. The Morgan fingerprint density at radius 2 is 1.90 bits per heavy atom. The van der Waals surface area contributed by atoms with E-state index in [4.69, 9.17) is 5.73 Å². The summed E-state index contributed by atoms with van der Waals surface area (Å²) in [7, 11) is 0. The molecule has 3 nitrogen and oxygen atoms in total. The van der Waals surface area contributed by atoms with Crippen LogP contribution in [0.3, 0.4) is 0 Å². The second kappa shape index (κ2) is 6.99. The quantitative estimate of drug-likeness (QED) is 0.922. The van der Waals surface area contributed by atoms with Gasteiger partial charge in [-0.15, -0.1) is 0 Å². The van der Waals surface area contributed by atoms with Gasteiger partial charge in [0.15, 0.2) is 0 Å². The molecule has 1 aromatic rings. The van der Waals surface area contributed by atoms with Crippen LogP contribution < -0.4 is 10.6 Å². The molecule has 0 aliphatic carbocycles. The molecule has 2 aliphatic rings. The molecular formula is C16H24FN3S. The van der Waals surface area contributed by atoms with Gasteiger partial charge in [-0.2, -0.15) is 11.8 Å². The summed E-state index contributed by atoms with van der Waals surface area (Å²) in [6.07, 6.45) is 1.31. The Labute approximate surface area is 130 Å². The van der Waals surface area contributed by atoms with Crippen LogP contribution in [0.2, 0.25) is 0 Å². The van der Waals surface area contributed by atoms with E-state index in [0.29, 0.717) is 6.04 Å². The van der Waals surface area contributed by atoms with Gasteiger partial charge in [0.25, 0.3) is 0 Å². The minimum Gasteiger partial charge on any atom is -0.369 e. The summed E-state index contributed by atoms with van der Waals surface area (Å²) >= 11 is 2.06. The molecule has 2 fully saturated rings. The topological polar surface area (TPSA) is 32.5 Å². The molecule has 2 saturated heterocycles. The van der Waals surface area contributed by atoms with Crippen molar-refractivity contribution in [3.63, 3.8) is 0 Å². The van der Waals surface area contributed by atoms with Gasteiger partial charge in [-0.25, -0.2) is 4.39 Å². The lowest BCUT2D eigenvalue weighted by Crippen LogP contribution is -2.54. The van der Waals surface area contributed by atoms with Crippen molar-refractivity contribution in [2.75, 3.05) is 49.1 Å². The molecular weight excluding hydrogens is 285 g/mol. The fourth-order valence-corrected chi connectivity index (χ4v) is 4.79. The van der Waals surface area contributed by atoms with Gasteiger partial charge in [0.2, 0.25) is 0 Å². The first-order valence-corrected chi connectivity index (χ1v) is 8.96. The van der Waals surface area contributed by atoms with Gasteiger partial charge in [-0.1, -0.05) is 0 Å². The van der Waals surface area contributed by atoms with Crippen LogP contribution in [0.25, 0.3) is 0 Å². The SMILES string of the molecule is NCC(C1CCSC1)N1CCN(c2ccc(F)cc2)CC1. The average molecular weight is 309 g/mol. The van der Waals surface area contributed by atoms with Crippen LogP contribution in [0.5, 0.6) is 0 Å². The van der Waals surface area contributed by atoms with Crippen molar-refractivity contribution in [3.8, 4) is 0 Å². The van der Waals surface area contributed by atoms with E-state index in [0.717, 1.165) is 44.3 Å². The molecule has 5 heteroatoms. The molecule has 0 aromatic heterocycles. The highest BCUT2D eigenvalue weighted by molar-refractivity contribution is 7.99. The number of nitrogens with two attached hydrogens (primary N) is 1. The number of anilines is 1. The summed E-state index contributed by atoms with van der Waals surface area (Å²) in [4.78, 5) is 4.91. The maximum absolute atomic E-state index is 13.0. The van der Waals surface area contributed by atoms with E-state index in [2.05, 4.69) is 21.6 Å². The number of hydrogen-bond acceptors (Lipinski definition) is 4. The Bertz CT molecular complexity index is 439. The lowest BCUT2D eigenvalue weighted by atomic mass is 9.97. The number of hydrogen-bond donors (Lipinski definition) is 1. The maximum Gasteiger partial charge on any atom is 0.123 e. The van der Waals surface area contributed by atoms with Crippen molar-refractivity contribution in [2.24, 2.45) is 11.7 Å². The molecule has 2 unspecified atom stereocenters. The zero-order chi connectivity index (χ0) is 14.7. The molecule has 2 heterocycles. The van der Waals surface area contributed by atoms with Gasteiger partial charge in [-0.05, 0) is 48.1 Å². The highest BCUT2D eigenvalue weighted by atomic mass is 32.2. The Morgan fingerprint density at radius 3 is 2.48 bits per heavy atom. The minimum atomic E-state index is -0.167. The summed E-state index contributed by atoms with van der Waals surface area (Å²) in [6.45, 7) is 4.88. The summed E-state index contributed by atoms with van der Waals surface area (Å²) in [5.74, 6) is 3.15. The smallest absolute Gasteiger partial charge is 0.123 e. The highest BCUT2D eigenvalue weighted by Crippen LogP contribution is 2.29. The third-order valence-corrected chi connectivity index (χ3v) is 5.91. The Kier molecular flexibility index (Phi) is 5.03. The zero-order valence-electron chi connectivity index (χ0n) is 12.4. The fraction of sp³-hybridized carbons (Fsp3) is 0.625. The van der Waals surface area contributed by atoms with Crippen molar-refractivity contribution < 1.29 is 4.39 Å². The van der Waals surface area contributed by atoms with Crippen LogP contribution in [-0.4, -0.2) is 55.2 Å². The largest absolute Gasteiger partial charge is 0.369 e. The molecule has 0 saturated carbocycles. The van der Waals surface area contributed by atoms with Gasteiger partial charge < -0.3 is 10.6 Å². The summed E-state index contributed by atoms with van der Waals surface area (Å²) < 4.78 is 13.0. The Hall–Kier alpha value is -0.780. The predicted octanol–water partition coefficient (Wildman–Crippen LogP) is 2.03. The summed E-state index contributed by atoms with van der Waals surface area (Å²) in [5, 5.41) is 0. The predicted molar refractivity (Wildman–Crippen MR) is 88.5 cm³/mol. The number of rotatable bonds is 4. The van der Waals surface area contributed by atoms with Gasteiger partial charge in [0.05, 0.1) is 0 Å². The fourth-order valence-electron chi connectivity index (χ4n) is 3.46. The summed E-state index contributed by atoms with van der Waals surface area (Å²) in [5.41, 5.74) is 7.16. The van der Waals surface area contributed by atoms with Crippen LogP contribution in [0.1, 0.15) is 6.42 Å². The first kappa shape index (κ1) is 15.1. The number of piperazine rings is 1. The molecule has 3 rings (SSSR count). The molecule has 0 radical (unpaired) electrons. The molecule has 2 atom stereocenters.